The number of fused-ring (bicyclic) bond motifs is 1. The predicted octanol–water partition coefficient (Wildman–Crippen LogP) is 7.74. The van der Waals surface area contributed by atoms with Crippen LogP contribution >= 0.6 is 0 Å². The van der Waals surface area contributed by atoms with Gasteiger partial charge in [0.15, 0.2) is 5.75 Å². The van der Waals surface area contributed by atoms with Gasteiger partial charge < -0.3 is 22.3 Å². The number of nitrogens with one attached hydrogen (secondary N) is 1. The molecule has 0 bridgehead atoms. The van der Waals surface area contributed by atoms with E-state index in [4.69, 9.17) is 17.2 Å². The van der Waals surface area contributed by atoms with E-state index >= 15 is 0 Å². The van der Waals surface area contributed by atoms with E-state index in [0.29, 0.717) is 28.8 Å². The van der Waals surface area contributed by atoms with Crippen molar-refractivity contribution in [2.75, 3.05) is 21.9 Å². The Hall–Kier alpha value is -7.45. The molecule has 0 amide bonds. The van der Waals surface area contributed by atoms with Crippen LogP contribution in [0.5, 0.6) is 5.75 Å². The minimum absolute atomic E-state index is 0.00223. The predicted molar refractivity (Wildman–Crippen MR) is 214 cm³/mol. The summed E-state index contributed by atoms with van der Waals surface area (Å²) in [7, 11) is -14.8. The Morgan fingerprint density at radius 2 is 1.15 bits per heavy atom. The number of phenols is 1. The normalized spacial score (nSPS) is 12.5. The Morgan fingerprint density at radius 3 is 1.69 bits per heavy atom. The lowest BCUT2D eigenvalue weighted by atomic mass is 10.1. The van der Waals surface area contributed by atoms with Crippen molar-refractivity contribution in [3.05, 3.63) is 113 Å². The number of hydrogen-bond acceptors (Lipinski definition) is 18. The van der Waals surface area contributed by atoms with Crippen molar-refractivity contribution in [3.8, 4) is 5.75 Å². The fraction of sp³-hybridized carbons (Fsp3) is 0. The number of phenolic OH excluding ortho intramolecular Hbond substituents is 1. The molecule has 0 unspecified atom stereocenters. The topological polar surface area (TPSA) is 370 Å². The van der Waals surface area contributed by atoms with Crippen molar-refractivity contribution < 1.29 is 44.4 Å². The highest BCUT2D eigenvalue weighted by Gasteiger charge is 2.29. The molecular weight excluding hydrogens is 835 g/mol. The van der Waals surface area contributed by atoms with Gasteiger partial charge in [-0.1, -0.05) is 0 Å². The van der Waals surface area contributed by atoms with Gasteiger partial charge in [-0.2, -0.15) is 32.2 Å². The summed E-state index contributed by atoms with van der Waals surface area (Å²) in [6.07, 6.45) is 0. The van der Waals surface area contributed by atoms with Crippen molar-refractivity contribution in [1.82, 2.24) is 0 Å². The Balaban J connectivity index is 1.28. The molecule has 0 aliphatic carbocycles. The summed E-state index contributed by atoms with van der Waals surface area (Å²) < 4.78 is 99.2. The lowest BCUT2D eigenvalue weighted by molar-refractivity contribution is -0.384. The zero-order valence-corrected chi connectivity index (χ0v) is 32.0. The monoisotopic (exact) mass is 861 g/mol. The molecule has 0 atom stereocenters. The maximum Gasteiger partial charge on any atom is 0.297 e. The SMILES string of the molecule is Nc1ccc(N=Nc2ccc(NS(=O)(=O)c3ccc(N=Nc4c(S(=O)(=O)O)cc5c(S(=O)(=O)O)c(N=Nc6ccc([N+](=O)[O-])cc6)cc(N)c5c4O)cc3)cc2)c(N)c1. The number of azo groups is 3. The summed E-state index contributed by atoms with van der Waals surface area (Å²) in [5.41, 5.74) is 17.1. The molecule has 6 aromatic rings. The Morgan fingerprint density at radius 1 is 0.610 bits per heavy atom. The molecule has 0 fully saturated rings. The van der Waals surface area contributed by atoms with Gasteiger partial charge in [-0.15, -0.1) is 15.3 Å². The summed E-state index contributed by atoms with van der Waals surface area (Å²) >= 11 is 0. The second kappa shape index (κ2) is 15.8. The number of benzene rings is 6. The molecule has 0 heterocycles. The van der Waals surface area contributed by atoms with Crippen molar-refractivity contribution in [2.45, 2.75) is 14.7 Å². The van der Waals surface area contributed by atoms with E-state index in [9.17, 15) is 49.6 Å². The zero-order chi connectivity index (χ0) is 42.9. The van der Waals surface area contributed by atoms with E-state index in [-0.39, 0.29) is 27.6 Å². The van der Waals surface area contributed by atoms with Crippen molar-refractivity contribution in [2.24, 2.45) is 30.7 Å². The third-order valence-electron chi connectivity index (χ3n) is 8.02. The zero-order valence-electron chi connectivity index (χ0n) is 29.5. The minimum Gasteiger partial charge on any atom is -0.505 e. The standard InChI is InChI=1S/C34H27N11O11S3/c35-18-1-14-28(26(36)15-18)41-38-19-2-4-22(5-3-19)44-57(49,50)24-12-8-21(9-13-24)40-43-32-30(58(51,52)53)16-25-31(33(32)46)27(37)17-29(34(25)59(54,55)56)42-39-20-6-10-23(11-7-20)45(47)48/h1-17,44,46H,35-37H2,(H,51,52,53)(H,54,55,56). The summed E-state index contributed by atoms with van der Waals surface area (Å²) in [5.74, 6) is -1.09. The van der Waals surface area contributed by atoms with Crippen LogP contribution in [-0.4, -0.2) is 44.4 Å². The molecule has 10 N–H and O–H groups in total. The minimum atomic E-state index is -5.33. The molecule has 0 spiro atoms. The quantitative estimate of drug-likeness (QED) is 0.0203. The number of nitro groups is 1. The average Bonchev–Trinajstić information content (AvgIpc) is 3.16. The first-order valence-electron chi connectivity index (χ1n) is 16.2. The van der Waals surface area contributed by atoms with E-state index in [1.807, 2.05) is 0 Å². The second-order valence-corrected chi connectivity index (χ2v) is 16.5. The molecule has 25 heteroatoms. The molecule has 0 aliphatic heterocycles. The van der Waals surface area contributed by atoms with Crippen LogP contribution in [0.3, 0.4) is 0 Å². The average molecular weight is 862 g/mol. The van der Waals surface area contributed by atoms with Crippen molar-refractivity contribution in [1.29, 1.82) is 0 Å². The Bertz CT molecular complexity index is 3090. The Labute approximate surface area is 333 Å². The van der Waals surface area contributed by atoms with E-state index in [1.165, 1.54) is 54.6 Å². The van der Waals surface area contributed by atoms with Crippen LogP contribution < -0.4 is 21.9 Å². The summed E-state index contributed by atoms with van der Waals surface area (Å²) in [6, 6.07) is 21.3. The van der Waals surface area contributed by atoms with Crippen LogP contribution in [0, 0.1) is 10.1 Å². The van der Waals surface area contributed by atoms with Crippen molar-refractivity contribution >= 4 is 104 Å². The maximum atomic E-state index is 13.1. The van der Waals surface area contributed by atoms with Crippen LogP contribution in [0.1, 0.15) is 0 Å². The number of nitrogens with two attached hydrogens (primary N) is 3. The number of aromatic hydroxyl groups is 1. The smallest absolute Gasteiger partial charge is 0.297 e. The molecule has 0 radical (unpaired) electrons. The first-order chi connectivity index (χ1) is 27.7. The van der Waals surface area contributed by atoms with Crippen LogP contribution in [-0.2, 0) is 30.3 Å². The fourth-order valence-corrected chi connectivity index (χ4v) is 7.82. The number of hydrogen-bond donors (Lipinski definition) is 7. The third-order valence-corrected chi connectivity index (χ3v) is 11.2. The number of anilines is 4. The molecule has 0 saturated carbocycles. The Kier molecular flexibility index (Phi) is 11.1. The van der Waals surface area contributed by atoms with E-state index in [2.05, 4.69) is 35.4 Å². The summed E-state index contributed by atoms with van der Waals surface area (Å²) in [4.78, 5) is 7.80. The molecule has 302 valence electrons. The highest BCUT2D eigenvalue weighted by molar-refractivity contribution is 7.92. The number of sulfonamides is 1. The third kappa shape index (κ3) is 9.24. The van der Waals surface area contributed by atoms with Gasteiger partial charge >= 0.3 is 0 Å². The van der Waals surface area contributed by atoms with Gasteiger partial charge in [0.25, 0.3) is 35.9 Å². The molecule has 59 heavy (non-hydrogen) atoms. The van der Waals surface area contributed by atoms with E-state index in [0.717, 1.165) is 30.3 Å². The van der Waals surface area contributed by atoms with Gasteiger partial charge in [-0.25, -0.2) is 8.42 Å². The highest BCUT2D eigenvalue weighted by Crippen LogP contribution is 2.48. The van der Waals surface area contributed by atoms with Gasteiger partial charge in [0.05, 0.1) is 38.0 Å². The van der Waals surface area contributed by atoms with Gasteiger partial charge in [-0.3, -0.25) is 23.9 Å². The van der Waals surface area contributed by atoms with E-state index < -0.39 is 78.6 Å². The lowest BCUT2D eigenvalue weighted by Gasteiger charge is -2.14. The number of nitrogens with zero attached hydrogens (tertiary/aromatic N) is 7. The van der Waals surface area contributed by atoms with Gasteiger partial charge in [0.1, 0.15) is 26.9 Å². The number of non-ortho nitro benzene ring substituents is 1. The lowest BCUT2D eigenvalue weighted by Crippen LogP contribution is -2.12. The fourth-order valence-electron chi connectivity index (χ4n) is 5.31. The van der Waals surface area contributed by atoms with Crippen LogP contribution in [0.2, 0.25) is 0 Å². The molecule has 0 saturated heterocycles. The van der Waals surface area contributed by atoms with E-state index in [1.54, 1.807) is 12.1 Å². The summed E-state index contributed by atoms with van der Waals surface area (Å²) in [6.45, 7) is 0. The van der Waals surface area contributed by atoms with Crippen LogP contribution in [0.15, 0.2) is 149 Å². The molecule has 22 nitrogen and oxygen atoms in total. The molecule has 6 aromatic carbocycles. The first-order valence-corrected chi connectivity index (χ1v) is 20.5. The van der Waals surface area contributed by atoms with Gasteiger partial charge in [-0.05, 0) is 91.0 Å². The number of nitro benzene ring substituents is 1. The number of rotatable bonds is 12. The molecular formula is C34H27N11O11S3. The molecule has 0 aromatic heterocycles. The first kappa shape index (κ1) is 41.2. The largest absolute Gasteiger partial charge is 0.505 e. The second-order valence-electron chi connectivity index (χ2n) is 12.1. The van der Waals surface area contributed by atoms with Crippen LogP contribution in [0.4, 0.5) is 62.6 Å². The number of nitrogen functional groups attached to an aromatic ring is 3. The summed E-state index contributed by atoms with van der Waals surface area (Å²) in [5, 5.41) is 44.2. The maximum absolute atomic E-state index is 13.1. The van der Waals surface area contributed by atoms with Gasteiger partial charge in [0.2, 0.25) is 0 Å². The molecule has 6 rings (SSSR count). The van der Waals surface area contributed by atoms with Gasteiger partial charge in [0, 0.05) is 34.6 Å². The van der Waals surface area contributed by atoms with Crippen LogP contribution in [0.25, 0.3) is 10.8 Å². The molecule has 0 aliphatic rings. The highest BCUT2D eigenvalue weighted by atomic mass is 32.2. The van der Waals surface area contributed by atoms with Crippen molar-refractivity contribution in [3.63, 3.8) is 0 Å².